The van der Waals surface area contributed by atoms with Gasteiger partial charge >= 0.3 is 0 Å². The SMILES string of the molecule is COc1ccc(CCN2C(=O)C(=O)C(=C(O)c3ccc(F)cc3)C2c2ccc(Cl)cc2)cc1OC. The quantitative estimate of drug-likeness (QED) is 0.278. The Morgan fingerprint density at radius 3 is 2.26 bits per heavy atom. The molecule has 1 aliphatic rings. The summed E-state index contributed by atoms with van der Waals surface area (Å²) < 4.78 is 24.0. The van der Waals surface area contributed by atoms with E-state index in [-0.39, 0.29) is 23.4 Å². The molecule has 1 heterocycles. The smallest absolute Gasteiger partial charge is 0.295 e. The standard InChI is InChI=1S/C27H23ClFNO5/c1-34-21-12-3-16(15-22(21)35-2)13-14-30-24(17-4-8-19(28)9-5-17)23(26(32)27(30)33)25(31)18-6-10-20(29)11-7-18/h3-12,15,24,31H,13-14H2,1-2H3. The number of ether oxygens (including phenoxy) is 2. The van der Waals surface area contributed by atoms with E-state index in [2.05, 4.69) is 0 Å². The third kappa shape index (κ3) is 4.86. The first-order valence-corrected chi connectivity index (χ1v) is 11.2. The van der Waals surface area contributed by atoms with Crippen molar-refractivity contribution in [2.75, 3.05) is 20.8 Å². The Morgan fingerprint density at radius 1 is 0.971 bits per heavy atom. The monoisotopic (exact) mass is 495 g/mol. The number of carbonyl (C=O) groups is 2. The Labute approximate surface area is 207 Å². The van der Waals surface area contributed by atoms with Gasteiger partial charge in [-0.15, -0.1) is 0 Å². The fourth-order valence-electron chi connectivity index (χ4n) is 4.15. The van der Waals surface area contributed by atoms with Gasteiger partial charge in [-0.05, 0) is 66.1 Å². The maximum absolute atomic E-state index is 13.4. The zero-order valence-corrected chi connectivity index (χ0v) is 19.9. The van der Waals surface area contributed by atoms with Crippen molar-refractivity contribution in [3.8, 4) is 11.5 Å². The van der Waals surface area contributed by atoms with Crippen LogP contribution in [0.5, 0.6) is 11.5 Å². The molecule has 1 aliphatic heterocycles. The Hall–Kier alpha value is -3.84. The lowest BCUT2D eigenvalue weighted by Crippen LogP contribution is -2.31. The summed E-state index contributed by atoms with van der Waals surface area (Å²) in [6.45, 7) is 0.202. The molecular weight excluding hydrogens is 473 g/mol. The molecule has 1 fully saturated rings. The predicted octanol–water partition coefficient (Wildman–Crippen LogP) is 5.16. The highest BCUT2D eigenvalue weighted by atomic mass is 35.5. The number of halogens is 2. The molecule has 4 rings (SSSR count). The van der Waals surface area contributed by atoms with Crippen LogP contribution in [0.15, 0.2) is 72.3 Å². The number of methoxy groups -OCH3 is 2. The highest BCUT2D eigenvalue weighted by Gasteiger charge is 2.45. The number of Topliss-reactive ketones (excluding diaryl/α,β-unsaturated/α-hetero) is 1. The molecule has 3 aromatic carbocycles. The zero-order valence-electron chi connectivity index (χ0n) is 19.1. The van der Waals surface area contributed by atoms with Crippen molar-refractivity contribution >= 4 is 29.1 Å². The highest BCUT2D eigenvalue weighted by Crippen LogP contribution is 2.40. The summed E-state index contributed by atoms with van der Waals surface area (Å²) in [7, 11) is 3.08. The predicted molar refractivity (Wildman–Crippen MR) is 130 cm³/mol. The fraction of sp³-hybridized carbons (Fsp3) is 0.185. The number of carbonyl (C=O) groups excluding carboxylic acids is 2. The van der Waals surface area contributed by atoms with E-state index in [9.17, 15) is 19.1 Å². The molecule has 8 heteroatoms. The Bertz CT molecular complexity index is 1290. The lowest BCUT2D eigenvalue weighted by molar-refractivity contribution is -0.139. The molecule has 0 aromatic heterocycles. The van der Waals surface area contributed by atoms with Gasteiger partial charge in [-0.3, -0.25) is 9.59 Å². The molecule has 1 unspecified atom stereocenters. The minimum absolute atomic E-state index is 0.0590. The molecule has 0 radical (unpaired) electrons. The van der Waals surface area contributed by atoms with Crippen LogP contribution in [0.3, 0.4) is 0 Å². The van der Waals surface area contributed by atoms with E-state index < -0.39 is 23.5 Å². The minimum Gasteiger partial charge on any atom is -0.507 e. The van der Waals surface area contributed by atoms with Gasteiger partial charge in [-0.1, -0.05) is 29.8 Å². The lowest BCUT2D eigenvalue weighted by atomic mass is 9.95. The van der Waals surface area contributed by atoms with Crippen molar-refractivity contribution in [2.45, 2.75) is 12.5 Å². The molecule has 180 valence electrons. The summed E-state index contributed by atoms with van der Waals surface area (Å²) in [6.07, 6.45) is 0.425. The summed E-state index contributed by atoms with van der Waals surface area (Å²) in [5, 5.41) is 11.5. The van der Waals surface area contributed by atoms with Crippen molar-refractivity contribution in [3.63, 3.8) is 0 Å². The van der Waals surface area contributed by atoms with Gasteiger partial charge in [0.25, 0.3) is 11.7 Å². The second-order valence-electron chi connectivity index (χ2n) is 7.99. The number of ketones is 1. The van der Waals surface area contributed by atoms with Crippen LogP contribution in [0, 0.1) is 5.82 Å². The molecule has 3 aromatic rings. The van der Waals surface area contributed by atoms with Gasteiger partial charge in [0.1, 0.15) is 11.6 Å². The van der Waals surface area contributed by atoms with E-state index in [0.717, 1.165) is 5.56 Å². The van der Waals surface area contributed by atoms with Gasteiger partial charge in [-0.25, -0.2) is 4.39 Å². The summed E-state index contributed by atoms with van der Waals surface area (Å²) in [4.78, 5) is 27.6. The van der Waals surface area contributed by atoms with Crippen LogP contribution < -0.4 is 9.47 Å². The number of amides is 1. The third-order valence-corrected chi connectivity index (χ3v) is 6.18. The molecule has 0 bridgehead atoms. The first-order chi connectivity index (χ1) is 16.8. The van der Waals surface area contributed by atoms with Crippen LogP contribution in [0.4, 0.5) is 4.39 Å². The van der Waals surface area contributed by atoms with Gasteiger partial charge in [0.2, 0.25) is 0 Å². The van der Waals surface area contributed by atoms with Crippen molar-refractivity contribution in [1.29, 1.82) is 0 Å². The maximum atomic E-state index is 13.4. The second kappa shape index (κ2) is 10.2. The van der Waals surface area contributed by atoms with Gasteiger partial charge in [0.15, 0.2) is 11.5 Å². The van der Waals surface area contributed by atoms with E-state index >= 15 is 0 Å². The number of benzene rings is 3. The van der Waals surface area contributed by atoms with E-state index in [4.69, 9.17) is 21.1 Å². The lowest BCUT2D eigenvalue weighted by Gasteiger charge is -2.25. The molecule has 1 N–H and O–H groups in total. The Kier molecular flexibility index (Phi) is 7.07. The molecule has 1 saturated heterocycles. The van der Waals surface area contributed by atoms with E-state index in [1.165, 1.54) is 36.3 Å². The van der Waals surface area contributed by atoms with Crippen molar-refractivity contribution in [3.05, 3.63) is 99.8 Å². The molecule has 1 atom stereocenters. The number of nitrogens with zero attached hydrogens (tertiary/aromatic N) is 1. The highest BCUT2D eigenvalue weighted by molar-refractivity contribution is 6.46. The summed E-state index contributed by atoms with van der Waals surface area (Å²) >= 11 is 6.05. The van der Waals surface area contributed by atoms with Crippen LogP contribution in [0.1, 0.15) is 22.7 Å². The fourth-order valence-corrected chi connectivity index (χ4v) is 4.28. The van der Waals surface area contributed by atoms with Crippen molar-refractivity contribution in [1.82, 2.24) is 4.90 Å². The maximum Gasteiger partial charge on any atom is 0.295 e. The van der Waals surface area contributed by atoms with Crippen LogP contribution in [-0.2, 0) is 16.0 Å². The summed E-state index contributed by atoms with van der Waals surface area (Å²) in [6, 6.07) is 16.4. The molecule has 0 spiro atoms. The van der Waals surface area contributed by atoms with Gasteiger partial charge in [0, 0.05) is 17.1 Å². The van der Waals surface area contributed by atoms with Crippen LogP contribution in [0.2, 0.25) is 5.02 Å². The van der Waals surface area contributed by atoms with E-state index in [1.54, 1.807) is 37.4 Å². The van der Waals surface area contributed by atoms with Gasteiger partial charge in [-0.2, -0.15) is 0 Å². The van der Waals surface area contributed by atoms with E-state index in [0.29, 0.717) is 28.5 Å². The first-order valence-electron chi connectivity index (χ1n) is 10.8. The average molecular weight is 496 g/mol. The topological polar surface area (TPSA) is 76.1 Å². The van der Waals surface area contributed by atoms with Gasteiger partial charge in [0.05, 0.1) is 25.8 Å². The molecule has 6 nitrogen and oxygen atoms in total. The molecule has 35 heavy (non-hydrogen) atoms. The Balaban J connectivity index is 1.73. The molecule has 1 amide bonds. The third-order valence-electron chi connectivity index (χ3n) is 5.93. The molecule has 0 aliphatic carbocycles. The second-order valence-corrected chi connectivity index (χ2v) is 8.43. The van der Waals surface area contributed by atoms with Gasteiger partial charge < -0.3 is 19.5 Å². The molecule has 0 saturated carbocycles. The van der Waals surface area contributed by atoms with Crippen LogP contribution >= 0.6 is 11.6 Å². The number of hydrogen-bond acceptors (Lipinski definition) is 5. The van der Waals surface area contributed by atoms with Crippen molar-refractivity contribution < 1.29 is 28.6 Å². The number of hydrogen-bond donors (Lipinski definition) is 1. The average Bonchev–Trinajstić information content (AvgIpc) is 3.12. The normalized spacial score (nSPS) is 17.0. The largest absolute Gasteiger partial charge is 0.507 e. The molecular formula is C27H23ClFNO5. The summed E-state index contributed by atoms with van der Waals surface area (Å²) in [5.74, 6) is -1.24. The Morgan fingerprint density at radius 2 is 1.63 bits per heavy atom. The number of aliphatic hydroxyl groups is 1. The first kappa shape index (κ1) is 24.3. The van der Waals surface area contributed by atoms with E-state index in [1.807, 2.05) is 12.1 Å². The van der Waals surface area contributed by atoms with Crippen LogP contribution in [-0.4, -0.2) is 42.5 Å². The number of aliphatic hydroxyl groups excluding tert-OH is 1. The zero-order chi connectivity index (χ0) is 25.1. The summed E-state index contributed by atoms with van der Waals surface area (Å²) in [5.41, 5.74) is 1.67. The minimum atomic E-state index is -0.836. The van der Waals surface area contributed by atoms with Crippen molar-refractivity contribution in [2.24, 2.45) is 0 Å². The number of rotatable bonds is 7. The van der Waals surface area contributed by atoms with Crippen LogP contribution in [0.25, 0.3) is 5.76 Å². The number of likely N-dealkylation sites (tertiary alicyclic amines) is 1.